The van der Waals surface area contributed by atoms with E-state index in [9.17, 15) is 9.59 Å². The maximum Gasteiger partial charge on any atom is 0.261 e. The first-order valence-electron chi connectivity index (χ1n) is 8.49. The average molecular weight is 329 g/mol. The Morgan fingerprint density at radius 2 is 1.88 bits per heavy atom. The predicted octanol–water partition coefficient (Wildman–Crippen LogP) is 4.02. The number of carbonyl (C=O) groups is 2. The lowest BCUT2D eigenvalue weighted by Gasteiger charge is -2.40. The molecule has 0 aliphatic carbocycles. The van der Waals surface area contributed by atoms with Gasteiger partial charge in [-0.15, -0.1) is 0 Å². The summed E-state index contributed by atoms with van der Waals surface area (Å²) in [6, 6.07) is 9.46. The fraction of sp³-hybridized carbons (Fsp3) is 0.500. The summed E-state index contributed by atoms with van der Waals surface area (Å²) in [7, 11) is 0. The second-order valence-corrected chi connectivity index (χ2v) is 7.22. The van der Waals surface area contributed by atoms with Gasteiger partial charge >= 0.3 is 0 Å². The van der Waals surface area contributed by atoms with E-state index in [4.69, 9.17) is 4.74 Å². The number of ketones is 1. The Kier molecular flexibility index (Phi) is 5.47. The van der Waals surface area contributed by atoms with Crippen molar-refractivity contribution in [2.75, 3.05) is 6.73 Å². The number of hydrogen-bond acceptors (Lipinski definition) is 3. The maximum atomic E-state index is 13.1. The molecule has 4 heteroatoms. The second-order valence-electron chi connectivity index (χ2n) is 7.22. The summed E-state index contributed by atoms with van der Waals surface area (Å²) in [6.07, 6.45) is 1.30. The minimum absolute atomic E-state index is 0.0696. The van der Waals surface area contributed by atoms with E-state index in [0.29, 0.717) is 23.7 Å². The summed E-state index contributed by atoms with van der Waals surface area (Å²) >= 11 is 0. The Hall–Kier alpha value is -2.10. The number of hydrogen-bond donors (Lipinski definition) is 0. The van der Waals surface area contributed by atoms with Gasteiger partial charge in [-0.25, -0.2) is 0 Å². The molecule has 1 aromatic rings. The third-order valence-electron chi connectivity index (χ3n) is 4.59. The lowest BCUT2D eigenvalue weighted by atomic mass is 9.90. The van der Waals surface area contributed by atoms with Crippen LogP contribution in [0, 0.1) is 5.92 Å². The minimum Gasteiger partial charge on any atom is -0.477 e. The summed E-state index contributed by atoms with van der Waals surface area (Å²) in [5.74, 6) is 0.987. The molecule has 0 saturated carbocycles. The van der Waals surface area contributed by atoms with Crippen LogP contribution in [0.2, 0.25) is 0 Å². The number of nitrogens with zero attached hydrogens (tertiary/aromatic N) is 1. The van der Waals surface area contributed by atoms with E-state index in [1.54, 1.807) is 25.7 Å². The van der Waals surface area contributed by atoms with E-state index in [1.165, 1.54) is 0 Å². The van der Waals surface area contributed by atoms with Crippen LogP contribution < -0.4 is 0 Å². The van der Waals surface area contributed by atoms with Crippen molar-refractivity contribution in [2.24, 2.45) is 5.92 Å². The van der Waals surface area contributed by atoms with Crippen LogP contribution in [0.4, 0.5) is 0 Å². The molecule has 1 amide bonds. The van der Waals surface area contributed by atoms with Crippen molar-refractivity contribution in [3.05, 3.63) is 41.7 Å². The van der Waals surface area contributed by atoms with Crippen molar-refractivity contribution in [3.8, 4) is 0 Å². The summed E-state index contributed by atoms with van der Waals surface area (Å²) in [4.78, 5) is 27.3. The van der Waals surface area contributed by atoms with Crippen LogP contribution in [0.25, 0.3) is 5.57 Å². The van der Waals surface area contributed by atoms with Crippen molar-refractivity contribution in [3.63, 3.8) is 0 Å². The number of rotatable bonds is 6. The molecule has 1 aromatic carbocycles. The van der Waals surface area contributed by atoms with Gasteiger partial charge in [0.15, 0.2) is 12.5 Å². The van der Waals surface area contributed by atoms with Gasteiger partial charge in [0.2, 0.25) is 0 Å². The Labute approximate surface area is 144 Å². The number of carbonyl (C=O) groups excluding carboxylic acids is 2. The van der Waals surface area contributed by atoms with E-state index in [-0.39, 0.29) is 18.4 Å². The number of amides is 1. The van der Waals surface area contributed by atoms with Crippen LogP contribution in [0.3, 0.4) is 0 Å². The second kappa shape index (κ2) is 7.20. The third kappa shape index (κ3) is 3.69. The van der Waals surface area contributed by atoms with Crippen LogP contribution in [-0.2, 0) is 14.3 Å². The van der Waals surface area contributed by atoms with Crippen molar-refractivity contribution in [2.45, 2.75) is 53.0 Å². The first-order valence-corrected chi connectivity index (χ1v) is 8.49. The van der Waals surface area contributed by atoms with E-state index < -0.39 is 5.54 Å². The van der Waals surface area contributed by atoms with E-state index in [2.05, 4.69) is 13.8 Å². The molecule has 0 atom stereocenters. The van der Waals surface area contributed by atoms with Gasteiger partial charge in [-0.2, -0.15) is 0 Å². The van der Waals surface area contributed by atoms with Crippen molar-refractivity contribution < 1.29 is 14.3 Å². The molecule has 1 aliphatic rings. The molecule has 0 spiro atoms. The molecule has 1 heterocycles. The third-order valence-corrected chi connectivity index (χ3v) is 4.59. The highest BCUT2D eigenvalue weighted by Crippen LogP contribution is 2.31. The van der Waals surface area contributed by atoms with E-state index in [0.717, 1.165) is 12.0 Å². The Morgan fingerprint density at radius 1 is 1.25 bits per heavy atom. The SMILES string of the molecule is CC1=C(c2ccccc2)C(=O)N(C(C)(C)C(=O)CCC(C)C)CO1. The summed E-state index contributed by atoms with van der Waals surface area (Å²) < 4.78 is 5.72. The summed E-state index contributed by atoms with van der Waals surface area (Å²) in [6.45, 7) is 9.71. The zero-order chi connectivity index (χ0) is 17.9. The number of allylic oxidation sites excluding steroid dienone is 1. The molecule has 130 valence electrons. The smallest absolute Gasteiger partial charge is 0.261 e. The zero-order valence-corrected chi connectivity index (χ0v) is 15.3. The van der Waals surface area contributed by atoms with Gasteiger partial charge in [0, 0.05) is 6.42 Å². The van der Waals surface area contributed by atoms with E-state index in [1.807, 2.05) is 30.3 Å². The van der Waals surface area contributed by atoms with Crippen LogP contribution in [-0.4, -0.2) is 28.9 Å². The summed E-state index contributed by atoms with van der Waals surface area (Å²) in [5.41, 5.74) is 0.467. The quantitative estimate of drug-likeness (QED) is 0.792. The van der Waals surface area contributed by atoms with Crippen LogP contribution in [0.1, 0.15) is 53.0 Å². The standard InChI is InChI=1S/C20H27NO3/c1-14(2)11-12-17(22)20(4,5)21-13-24-15(3)18(19(21)23)16-9-7-6-8-10-16/h6-10,14H,11-13H2,1-5H3. The maximum absolute atomic E-state index is 13.1. The average Bonchev–Trinajstić information content (AvgIpc) is 2.53. The molecule has 1 aliphatic heterocycles. The van der Waals surface area contributed by atoms with Gasteiger partial charge in [0.1, 0.15) is 5.76 Å². The van der Waals surface area contributed by atoms with Crippen LogP contribution in [0.5, 0.6) is 0 Å². The molecule has 0 saturated heterocycles. The molecular formula is C20H27NO3. The Bertz CT molecular complexity index is 644. The normalized spacial score (nSPS) is 15.8. The molecule has 0 radical (unpaired) electrons. The molecular weight excluding hydrogens is 302 g/mol. The highest BCUT2D eigenvalue weighted by atomic mass is 16.5. The first kappa shape index (κ1) is 18.2. The number of benzene rings is 1. The van der Waals surface area contributed by atoms with Gasteiger partial charge in [0.25, 0.3) is 5.91 Å². The van der Waals surface area contributed by atoms with Crippen molar-refractivity contribution >= 4 is 17.3 Å². The summed E-state index contributed by atoms with van der Waals surface area (Å²) in [5, 5.41) is 0. The fourth-order valence-electron chi connectivity index (χ4n) is 2.80. The van der Waals surface area contributed by atoms with Gasteiger partial charge in [-0.05, 0) is 38.7 Å². The van der Waals surface area contributed by atoms with Gasteiger partial charge < -0.3 is 4.74 Å². The molecule has 0 bridgehead atoms. The molecule has 4 nitrogen and oxygen atoms in total. The number of Topliss-reactive ketones (excluding diaryl/α,β-unsaturated/α-hetero) is 1. The Balaban J connectivity index is 2.27. The van der Waals surface area contributed by atoms with E-state index >= 15 is 0 Å². The number of ether oxygens (including phenoxy) is 1. The predicted molar refractivity (Wildman–Crippen MR) is 95.0 cm³/mol. The van der Waals surface area contributed by atoms with Crippen molar-refractivity contribution in [1.82, 2.24) is 4.90 Å². The fourth-order valence-corrected chi connectivity index (χ4v) is 2.80. The van der Waals surface area contributed by atoms with Gasteiger partial charge in [-0.1, -0.05) is 44.2 Å². The molecule has 2 rings (SSSR count). The molecule has 0 fully saturated rings. The minimum atomic E-state index is -0.882. The Morgan fingerprint density at radius 3 is 2.46 bits per heavy atom. The lowest BCUT2D eigenvalue weighted by Crippen LogP contribution is -2.55. The largest absolute Gasteiger partial charge is 0.477 e. The monoisotopic (exact) mass is 329 g/mol. The van der Waals surface area contributed by atoms with Crippen LogP contribution >= 0.6 is 0 Å². The van der Waals surface area contributed by atoms with Gasteiger partial charge in [-0.3, -0.25) is 14.5 Å². The van der Waals surface area contributed by atoms with Gasteiger partial charge in [0.05, 0.1) is 11.1 Å². The first-order chi connectivity index (χ1) is 11.2. The molecule has 24 heavy (non-hydrogen) atoms. The highest BCUT2D eigenvalue weighted by molar-refractivity contribution is 6.21. The van der Waals surface area contributed by atoms with Crippen molar-refractivity contribution in [1.29, 1.82) is 0 Å². The molecule has 0 aromatic heterocycles. The topological polar surface area (TPSA) is 46.6 Å². The lowest BCUT2D eigenvalue weighted by molar-refractivity contribution is -0.148. The highest BCUT2D eigenvalue weighted by Gasteiger charge is 2.41. The van der Waals surface area contributed by atoms with Crippen LogP contribution in [0.15, 0.2) is 36.1 Å². The zero-order valence-electron chi connectivity index (χ0n) is 15.3. The molecule has 0 N–H and O–H groups in total. The molecule has 0 unspecified atom stereocenters.